The van der Waals surface area contributed by atoms with Gasteiger partial charge in [-0.15, -0.1) is 24.0 Å². The first-order valence-corrected chi connectivity index (χ1v) is 11.3. The Morgan fingerprint density at radius 3 is 2.48 bits per heavy atom. The summed E-state index contributed by atoms with van der Waals surface area (Å²) in [5.41, 5.74) is 4.78. The van der Waals surface area contributed by atoms with Crippen LogP contribution in [-0.2, 0) is 22.6 Å². The van der Waals surface area contributed by atoms with Crippen molar-refractivity contribution < 1.29 is 14.2 Å². The van der Waals surface area contributed by atoms with Crippen LogP contribution in [0.4, 0.5) is 5.69 Å². The Bertz CT molecular complexity index is 872. The van der Waals surface area contributed by atoms with Gasteiger partial charge in [0, 0.05) is 64.6 Å². The van der Waals surface area contributed by atoms with Gasteiger partial charge in [0.1, 0.15) is 5.75 Å². The van der Waals surface area contributed by atoms with Crippen molar-refractivity contribution in [2.75, 3.05) is 58.6 Å². The molecule has 2 aromatic carbocycles. The Labute approximate surface area is 214 Å². The number of hydrogen-bond donors (Lipinski definition) is 2. The maximum absolute atomic E-state index is 6.00. The van der Waals surface area contributed by atoms with Crippen molar-refractivity contribution in [1.29, 1.82) is 0 Å². The van der Waals surface area contributed by atoms with Crippen molar-refractivity contribution in [2.24, 2.45) is 4.99 Å². The molecule has 0 radical (unpaired) electrons. The Kier molecular flexibility index (Phi) is 12.3. The molecule has 2 aromatic rings. The van der Waals surface area contributed by atoms with E-state index in [2.05, 4.69) is 69.9 Å². The Morgan fingerprint density at radius 1 is 1.03 bits per heavy atom. The zero-order chi connectivity index (χ0) is 22.6. The second-order valence-corrected chi connectivity index (χ2v) is 7.81. The molecule has 2 N–H and O–H groups in total. The molecular weight excluding hydrogens is 531 g/mol. The molecule has 182 valence electrons. The standard InChI is InChI=1S/C25H36N4O3.HI/c1-20-9-10-22(24(17-20)32-14-6-13-30-3)19-28-25(26-2)27-18-21-7-4-5-8-23(21)29-11-15-31-16-12-29;/h4-5,7-10,17H,6,11-16,18-19H2,1-3H3,(H2,26,27,28);1H. The van der Waals surface area contributed by atoms with E-state index >= 15 is 0 Å². The fraction of sp³-hybridized carbons (Fsp3) is 0.480. The SMILES string of the molecule is CN=C(NCc1ccc(C)cc1OCCCOC)NCc1ccccc1N1CCOCC1.I. The maximum Gasteiger partial charge on any atom is 0.191 e. The highest BCUT2D eigenvalue weighted by Gasteiger charge is 2.14. The number of nitrogens with one attached hydrogen (secondary N) is 2. The first kappa shape index (κ1) is 27.2. The molecule has 8 heteroatoms. The summed E-state index contributed by atoms with van der Waals surface area (Å²) < 4.78 is 16.6. The summed E-state index contributed by atoms with van der Waals surface area (Å²) in [7, 11) is 3.50. The molecule has 0 atom stereocenters. The number of methoxy groups -OCH3 is 1. The molecule has 7 nitrogen and oxygen atoms in total. The summed E-state index contributed by atoms with van der Waals surface area (Å²) >= 11 is 0. The van der Waals surface area contributed by atoms with Gasteiger partial charge in [-0.3, -0.25) is 4.99 Å². The summed E-state index contributed by atoms with van der Waals surface area (Å²) in [4.78, 5) is 6.78. The third kappa shape index (κ3) is 8.68. The highest BCUT2D eigenvalue weighted by molar-refractivity contribution is 14.0. The van der Waals surface area contributed by atoms with Crippen LogP contribution in [0, 0.1) is 6.92 Å². The number of aryl methyl sites for hydroxylation is 1. The van der Waals surface area contributed by atoms with Crippen LogP contribution >= 0.6 is 24.0 Å². The first-order chi connectivity index (χ1) is 15.7. The van der Waals surface area contributed by atoms with E-state index in [0.717, 1.165) is 50.0 Å². The molecule has 1 aliphatic heterocycles. The molecule has 0 aliphatic carbocycles. The van der Waals surface area contributed by atoms with Gasteiger partial charge in [0.15, 0.2) is 5.96 Å². The van der Waals surface area contributed by atoms with E-state index in [1.807, 2.05) is 0 Å². The predicted molar refractivity (Wildman–Crippen MR) is 145 cm³/mol. The largest absolute Gasteiger partial charge is 0.493 e. The molecule has 1 saturated heterocycles. The zero-order valence-corrected chi connectivity index (χ0v) is 22.3. The number of benzene rings is 2. The molecule has 0 aromatic heterocycles. The molecule has 1 fully saturated rings. The van der Waals surface area contributed by atoms with Crippen molar-refractivity contribution in [3.8, 4) is 5.75 Å². The number of aliphatic imine (C=N–C) groups is 1. The third-order valence-electron chi connectivity index (χ3n) is 5.43. The lowest BCUT2D eigenvalue weighted by molar-refractivity contribution is 0.122. The lowest BCUT2D eigenvalue weighted by atomic mass is 10.1. The van der Waals surface area contributed by atoms with E-state index in [4.69, 9.17) is 14.2 Å². The maximum atomic E-state index is 6.00. The lowest BCUT2D eigenvalue weighted by Gasteiger charge is -2.30. The first-order valence-electron chi connectivity index (χ1n) is 11.3. The Balaban J connectivity index is 0.00000385. The van der Waals surface area contributed by atoms with Crippen LogP contribution < -0.4 is 20.3 Å². The number of para-hydroxylation sites is 1. The number of nitrogens with zero attached hydrogens (tertiary/aromatic N) is 2. The normalized spacial score (nSPS) is 13.9. The van der Waals surface area contributed by atoms with E-state index in [1.165, 1.54) is 16.8 Å². The van der Waals surface area contributed by atoms with Crippen molar-refractivity contribution in [2.45, 2.75) is 26.4 Å². The molecule has 3 rings (SSSR count). The van der Waals surface area contributed by atoms with Crippen molar-refractivity contribution in [3.05, 3.63) is 59.2 Å². The summed E-state index contributed by atoms with van der Waals surface area (Å²) in [6.07, 6.45) is 0.864. The summed E-state index contributed by atoms with van der Waals surface area (Å²) in [6.45, 7) is 8.12. The molecule has 0 saturated carbocycles. The molecule has 0 spiro atoms. The smallest absolute Gasteiger partial charge is 0.191 e. The second-order valence-electron chi connectivity index (χ2n) is 7.81. The van der Waals surface area contributed by atoms with Crippen molar-refractivity contribution in [3.63, 3.8) is 0 Å². The summed E-state index contributed by atoms with van der Waals surface area (Å²) in [5, 5.41) is 6.87. The number of hydrogen-bond acceptors (Lipinski definition) is 5. The van der Waals surface area contributed by atoms with Gasteiger partial charge in [-0.05, 0) is 30.2 Å². The molecular formula is C25H37IN4O3. The monoisotopic (exact) mass is 568 g/mol. The fourth-order valence-corrected chi connectivity index (χ4v) is 3.68. The van der Waals surface area contributed by atoms with E-state index in [0.29, 0.717) is 26.3 Å². The summed E-state index contributed by atoms with van der Waals surface area (Å²) in [5.74, 6) is 1.66. The van der Waals surface area contributed by atoms with E-state index < -0.39 is 0 Å². The summed E-state index contributed by atoms with van der Waals surface area (Å²) in [6, 6.07) is 14.8. The highest BCUT2D eigenvalue weighted by Crippen LogP contribution is 2.22. The van der Waals surface area contributed by atoms with Crippen molar-refractivity contribution in [1.82, 2.24) is 10.6 Å². The van der Waals surface area contributed by atoms with Crippen LogP contribution in [-0.4, -0.2) is 59.6 Å². The minimum Gasteiger partial charge on any atom is -0.493 e. The average Bonchev–Trinajstić information content (AvgIpc) is 2.83. The number of guanidine groups is 1. The van der Waals surface area contributed by atoms with Gasteiger partial charge in [-0.25, -0.2) is 0 Å². The topological polar surface area (TPSA) is 67.4 Å². The van der Waals surface area contributed by atoms with Gasteiger partial charge in [-0.1, -0.05) is 30.3 Å². The van der Waals surface area contributed by atoms with Crippen LogP contribution in [0.5, 0.6) is 5.75 Å². The predicted octanol–water partition coefficient (Wildman–Crippen LogP) is 3.73. The average molecular weight is 569 g/mol. The van der Waals surface area contributed by atoms with Crippen LogP contribution in [0.25, 0.3) is 0 Å². The van der Waals surface area contributed by atoms with Gasteiger partial charge in [0.2, 0.25) is 0 Å². The number of halogens is 1. The molecule has 33 heavy (non-hydrogen) atoms. The van der Waals surface area contributed by atoms with E-state index in [-0.39, 0.29) is 24.0 Å². The second kappa shape index (κ2) is 15.0. The van der Waals surface area contributed by atoms with Gasteiger partial charge in [0.05, 0.1) is 19.8 Å². The number of morpholine rings is 1. The van der Waals surface area contributed by atoms with E-state index in [9.17, 15) is 0 Å². The molecule has 0 amide bonds. The molecule has 0 unspecified atom stereocenters. The van der Waals surface area contributed by atoms with Crippen molar-refractivity contribution >= 4 is 35.6 Å². The van der Waals surface area contributed by atoms with Gasteiger partial charge in [-0.2, -0.15) is 0 Å². The van der Waals surface area contributed by atoms with Crippen LogP contribution in [0.15, 0.2) is 47.5 Å². The van der Waals surface area contributed by atoms with Gasteiger partial charge < -0.3 is 29.7 Å². The van der Waals surface area contributed by atoms with Crippen LogP contribution in [0.1, 0.15) is 23.1 Å². The molecule has 1 heterocycles. The number of ether oxygens (including phenoxy) is 3. The lowest BCUT2D eigenvalue weighted by Crippen LogP contribution is -2.39. The molecule has 0 bridgehead atoms. The quantitative estimate of drug-likeness (QED) is 0.197. The fourth-order valence-electron chi connectivity index (χ4n) is 3.68. The van der Waals surface area contributed by atoms with Crippen LogP contribution in [0.2, 0.25) is 0 Å². The Morgan fingerprint density at radius 2 is 1.76 bits per heavy atom. The van der Waals surface area contributed by atoms with Gasteiger partial charge >= 0.3 is 0 Å². The van der Waals surface area contributed by atoms with E-state index in [1.54, 1.807) is 14.2 Å². The highest BCUT2D eigenvalue weighted by atomic mass is 127. The minimum absolute atomic E-state index is 0. The number of rotatable bonds is 10. The number of anilines is 1. The zero-order valence-electron chi connectivity index (χ0n) is 19.9. The van der Waals surface area contributed by atoms with Crippen LogP contribution in [0.3, 0.4) is 0 Å². The minimum atomic E-state index is 0. The Hall–Kier alpha value is -2.04. The molecule has 1 aliphatic rings. The third-order valence-corrected chi connectivity index (χ3v) is 5.43. The van der Waals surface area contributed by atoms with Gasteiger partial charge in [0.25, 0.3) is 0 Å².